The molecule has 27 heavy (non-hydrogen) atoms. The molecule has 2 aromatic heterocycles. The van der Waals surface area contributed by atoms with Crippen LogP contribution in [0.2, 0.25) is 0 Å². The highest BCUT2D eigenvalue weighted by Gasteiger charge is 2.13. The molecule has 0 radical (unpaired) electrons. The highest BCUT2D eigenvalue weighted by atomic mass is 32.1. The van der Waals surface area contributed by atoms with Crippen molar-refractivity contribution >= 4 is 23.2 Å². The highest BCUT2D eigenvalue weighted by Crippen LogP contribution is 2.20. The maximum Gasteiger partial charge on any atom is 0.335 e. The predicted molar refractivity (Wildman–Crippen MR) is 101 cm³/mol. The van der Waals surface area contributed by atoms with Crippen molar-refractivity contribution in [3.8, 4) is 10.6 Å². The molecule has 1 atom stereocenters. The maximum absolute atomic E-state index is 12.1. The summed E-state index contributed by atoms with van der Waals surface area (Å²) in [6.07, 6.45) is 4.16. The Morgan fingerprint density at radius 2 is 2.15 bits per heavy atom. The van der Waals surface area contributed by atoms with Crippen LogP contribution in [0.25, 0.3) is 10.6 Å². The number of carboxylic acid groups (broad SMARTS) is 1. The summed E-state index contributed by atoms with van der Waals surface area (Å²) >= 11 is 1.49. The third-order valence-corrected chi connectivity index (χ3v) is 4.91. The van der Waals surface area contributed by atoms with Gasteiger partial charge in [-0.25, -0.2) is 9.48 Å². The minimum absolute atomic E-state index is 0.0607. The number of nitrogens with zero attached hydrogens (tertiary/aromatic N) is 4. The molecule has 2 N–H and O–H groups in total. The number of hydrogen-bond donors (Lipinski definition) is 2. The Morgan fingerprint density at radius 3 is 2.89 bits per heavy atom. The smallest absolute Gasteiger partial charge is 0.335 e. The van der Waals surface area contributed by atoms with Gasteiger partial charge in [0.25, 0.3) is 0 Å². The molecule has 8 nitrogen and oxygen atoms in total. The Labute approximate surface area is 159 Å². The monoisotopic (exact) mass is 385 g/mol. The molecule has 0 saturated carbocycles. The van der Waals surface area contributed by atoms with Crippen molar-refractivity contribution in [2.24, 2.45) is 0 Å². The zero-order valence-electron chi connectivity index (χ0n) is 14.7. The molecule has 3 rings (SSSR count). The van der Waals surface area contributed by atoms with E-state index in [2.05, 4.69) is 20.6 Å². The fraction of sp³-hybridized carbons (Fsp3) is 0.278. The minimum Gasteiger partial charge on any atom is -0.478 e. The van der Waals surface area contributed by atoms with Crippen LogP contribution >= 0.6 is 11.3 Å². The molecule has 1 aromatic carbocycles. The number of thiazole rings is 1. The van der Waals surface area contributed by atoms with Crippen LogP contribution in [0.1, 0.15) is 35.3 Å². The first-order valence-electron chi connectivity index (χ1n) is 8.43. The molecule has 0 unspecified atom stereocenters. The second kappa shape index (κ2) is 8.54. The van der Waals surface area contributed by atoms with Crippen LogP contribution in [0.4, 0.5) is 0 Å². The van der Waals surface area contributed by atoms with Crippen LogP contribution in [0, 0.1) is 0 Å². The first-order chi connectivity index (χ1) is 13.0. The van der Waals surface area contributed by atoms with Crippen LogP contribution in [0.15, 0.2) is 42.2 Å². The molecule has 0 bridgehead atoms. The van der Waals surface area contributed by atoms with E-state index in [4.69, 9.17) is 0 Å². The number of carbonyl (C=O) groups is 2. The Morgan fingerprint density at radius 1 is 1.33 bits per heavy atom. The molecule has 140 valence electrons. The van der Waals surface area contributed by atoms with E-state index >= 15 is 0 Å². The molecular weight excluding hydrogens is 366 g/mol. The highest BCUT2D eigenvalue weighted by molar-refractivity contribution is 7.13. The Kier molecular flexibility index (Phi) is 5.92. The van der Waals surface area contributed by atoms with Gasteiger partial charge in [0, 0.05) is 19.2 Å². The van der Waals surface area contributed by atoms with Crippen molar-refractivity contribution in [1.29, 1.82) is 0 Å². The van der Waals surface area contributed by atoms with Crippen molar-refractivity contribution in [2.75, 3.05) is 6.54 Å². The van der Waals surface area contributed by atoms with E-state index in [0.29, 0.717) is 18.5 Å². The second-order valence-corrected chi connectivity index (χ2v) is 6.95. The van der Waals surface area contributed by atoms with Crippen LogP contribution in [0.5, 0.6) is 0 Å². The minimum atomic E-state index is -0.984. The van der Waals surface area contributed by atoms with Gasteiger partial charge in [0.05, 0.1) is 28.2 Å². The first kappa shape index (κ1) is 18.7. The number of amides is 1. The van der Waals surface area contributed by atoms with Crippen molar-refractivity contribution in [2.45, 2.75) is 25.8 Å². The molecule has 2 heterocycles. The zero-order valence-corrected chi connectivity index (χ0v) is 15.5. The number of aromatic nitrogens is 4. The van der Waals surface area contributed by atoms with E-state index < -0.39 is 5.97 Å². The first-order valence-corrected chi connectivity index (χ1v) is 9.31. The average molecular weight is 385 g/mol. The number of aryl methyl sites for hydroxylation is 1. The van der Waals surface area contributed by atoms with Gasteiger partial charge in [0.2, 0.25) is 5.91 Å². The van der Waals surface area contributed by atoms with Gasteiger partial charge in [-0.3, -0.25) is 9.78 Å². The summed E-state index contributed by atoms with van der Waals surface area (Å²) in [7, 11) is 0. The van der Waals surface area contributed by atoms with Gasteiger partial charge < -0.3 is 10.4 Å². The molecule has 0 fully saturated rings. The quantitative estimate of drug-likeness (QED) is 0.616. The molecule has 9 heteroatoms. The lowest BCUT2D eigenvalue weighted by molar-refractivity contribution is -0.121. The molecule has 0 aliphatic carbocycles. The lowest BCUT2D eigenvalue weighted by Gasteiger charge is -2.12. The maximum atomic E-state index is 12.1. The largest absolute Gasteiger partial charge is 0.478 e. The second-order valence-electron chi connectivity index (χ2n) is 6.06. The molecule has 0 aliphatic rings. The summed E-state index contributed by atoms with van der Waals surface area (Å²) in [6, 6.07) is 6.66. The van der Waals surface area contributed by atoms with Crippen molar-refractivity contribution < 1.29 is 14.7 Å². The predicted octanol–water partition coefficient (Wildman–Crippen LogP) is 2.41. The van der Waals surface area contributed by atoms with Crippen LogP contribution in [-0.4, -0.2) is 43.5 Å². The number of carbonyl (C=O) groups excluding carboxylic acids is 1. The van der Waals surface area contributed by atoms with E-state index in [1.807, 2.05) is 13.1 Å². The number of hydrogen-bond acceptors (Lipinski definition) is 6. The summed E-state index contributed by atoms with van der Waals surface area (Å²) in [6.45, 7) is 2.34. The van der Waals surface area contributed by atoms with Gasteiger partial charge in [0.15, 0.2) is 0 Å². The van der Waals surface area contributed by atoms with Gasteiger partial charge in [-0.2, -0.15) is 0 Å². The van der Waals surface area contributed by atoms with Gasteiger partial charge in [-0.1, -0.05) is 23.4 Å². The molecule has 3 aromatic rings. The molecular formula is C18H19N5O3S. The van der Waals surface area contributed by atoms with E-state index in [-0.39, 0.29) is 23.9 Å². The van der Waals surface area contributed by atoms with Gasteiger partial charge in [-0.15, -0.1) is 16.4 Å². The van der Waals surface area contributed by atoms with Crippen LogP contribution in [-0.2, 0) is 11.2 Å². The number of nitrogens with one attached hydrogen (secondary N) is 1. The number of carboxylic acids is 1. The number of benzene rings is 1. The zero-order chi connectivity index (χ0) is 19.2. The molecule has 0 spiro atoms. The molecule has 1 amide bonds. The third-order valence-electron chi connectivity index (χ3n) is 4.11. The normalized spacial score (nSPS) is 11.9. The van der Waals surface area contributed by atoms with Crippen molar-refractivity contribution in [1.82, 2.24) is 25.3 Å². The Hall–Kier alpha value is -3.07. The summed E-state index contributed by atoms with van der Waals surface area (Å²) in [4.78, 5) is 28.3. The lowest BCUT2D eigenvalue weighted by atomic mass is 10.0. The molecule has 0 aliphatic heterocycles. The fourth-order valence-corrected chi connectivity index (χ4v) is 3.16. The Bertz CT molecular complexity index is 923. The topological polar surface area (TPSA) is 110 Å². The summed E-state index contributed by atoms with van der Waals surface area (Å²) in [5.74, 6) is -1.12. The third kappa shape index (κ3) is 4.76. The fourth-order valence-electron chi connectivity index (χ4n) is 2.59. The van der Waals surface area contributed by atoms with Gasteiger partial charge in [0.1, 0.15) is 5.69 Å². The van der Waals surface area contributed by atoms with E-state index in [1.165, 1.54) is 11.3 Å². The standard InChI is InChI=1S/C18H19N5O3S/c1-12(23-10-15(21-22-23)16-9-19-11-27-16)8-20-17(24)7-6-13-4-2-3-5-14(13)18(25)26/h2-5,9-12H,6-8H2,1H3,(H,20,24)(H,25,26)/t12-/m0/s1. The lowest BCUT2D eigenvalue weighted by Crippen LogP contribution is -2.30. The number of rotatable bonds is 8. The Balaban J connectivity index is 1.50. The van der Waals surface area contributed by atoms with E-state index in [0.717, 1.165) is 10.6 Å². The summed E-state index contributed by atoms with van der Waals surface area (Å²) in [5, 5.41) is 20.3. The number of aromatic carboxylic acids is 1. The van der Waals surface area contributed by atoms with Gasteiger partial charge >= 0.3 is 5.97 Å². The summed E-state index contributed by atoms with van der Waals surface area (Å²) < 4.78 is 1.70. The van der Waals surface area contributed by atoms with E-state index in [9.17, 15) is 14.7 Å². The molecule has 0 saturated heterocycles. The summed E-state index contributed by atoms with van der Waals surface area (Å²) in [5.41, 5.74) is 3.37. The van der Waals surface area contributed by atoms with Crippen molar-refractivity contribution in [3.05, 3.63) is 53.3 Å². The van der Waals surface area contributed by atoms with E-state index in [1.54, 1.807) is 40.7 Å². The van der Waals surface area contributed by atoms with Crippen LogP contribution < -0.4 is 5.32 Å². The van der Waals surface area contributed by atoms with Crippen LogP contribution in [0.3, 0.4) is 0 Å². The van der Waals surface area contributed by atoms with Crippen molar-refractivity contribution in [3.63, 3.8) is 0 Å². The van der Waals surface area contributed by atoms with Gasteiger partial charge in [-0.05, 0) is 25.0 Å². The SMILES string of the molecule is C[C@@H](CNC(=O)CCc1ccccc1C(=O)O)n1cc(-c2cncs2)nn1. The average Bonchev–Trinajstić information content (AvgIpc) is 3.35.